The second-order valence-corrected chi connectivity index (χ2v) is 3.22. The molecule has 2 N–H and O–H groups in total. The molecular formula is C11H17NO2. The van der Waals surface area contributed by atoms with Gasteiger partial charge in [-0.25, -0.2) is 4.79 Å². The molecule has 0 fully saturated rings. The highest BCUT2D eigenvalue weighted by molar-refractivity contribution is 5.80. The van der Waals surface area contributed by atoms with E-state index in [4.69, 9.17) is 11.5 Å². The minimum absolute atomic E-state index is 0.275. The van der Waals surface area contributed by atoms with Gasteiger partial charge in [0.2, 0.25) is 0 Å². The molecule has 0 saturated heterocycles. The van der Waals surface area contributed by atoms with E-state index in [9.17, 15) is 4.79 Å². The van der Waals surface area contributed by atoms with Gasteiger partial charge in [0.25, 0.3) is 0 Å². The minimum atomic E-state index is -0.908. The van der Waals surface area contributed by atoms with E-state index >= 15 is 0 Å². The number of nitrogens with one attached hydrogen (secondary N) is 1. The average Bonchev–Trinajstić information content (AvgIpc) is 2.11. The molecule has 0 heterocycles. The van der Waals surface area contributed by atoms with Crippen LogP contribution in [0.1, 0.15) is 26.7 Å². The molecule has 0 aliphatic heterocycles. The van der Waals surface area contributed by atoms with E-state index < -0.39 is 5.97 Å². The molecule has 3 nitrogen and oxygen atoms in total. The Morgan fingerprint density at radius 3 is 2.79 bits per heavy atom. The summed E-state index contributed by atoms with van der Waals surface area (Å²) >= 11 is 0. The molecule has 1 atom stereocenters. The fourth-order valence-electron chi connectivity index (χ4n) is 1.07. The van der Waals surface area contributed by atoms with Crippen LogP contribution >= 0.6 is 0 Å². The number of aliphatic carboxylic acids is 1. The normalized spacial score (nSPS) is 13.4. The summed E-state index contributed by atoms with van der Waals surface area (Å²) in [6.07, 6.45) is 8.02. The predicted molar refractivity (Wildman–Crippen MR) is 56.9 cm³/mol. The fraction of sp³-hybridized carbons (Fsp3) is 0.545. The van der Waals surface area contributed by atoms with Crippen molar-refractivity contribution in [3.05, 3.63) is 11.6 Å². The van der Waals surface area contributed by atoms with Gasteiger partial charge >= 0.3 is 5.97 Å². The third-order valence-corrected chi connectivity index (χ3v) is 1.90. The maximum Gasteiger partial charge on any atom is 0.328 e. The zero-order valence-electron chi connectivity index (χ0n) is 8.71. The van der Waals surface area contributed by atoms with Crippen molar-refractivity contribution >= 4 is 5.97 Å². The Bertz CT molecular complexity index is 251. The van der Waals surface area contributed by atoms with Gasteiger partial charge in [-0.15, -0.1) is 12.3 Å². The summed E-state index contributed by atoms with van der Waals surface area (Å²) in [7, 11) is 0. The second-order valence-electron chi connectivity index (χ2n) is 3.22. The van der Waals surface area contributed by atoms with Gasteiger partial charge in [0.15, 0.2) is 0 Å². The molecule has 0 aliphatic carbocycles. The summed E-state index contributed by atoms with van der Waals surface area (Å²) in [6, 6.07) is 0.275. The largest absolute Gasteiger partial charge is 0.478 e. The van der Waals surface area contributed by atoms with Crippen molar-refractivity contribution in [3.8, 4) is 12.3 Å². The lowest BCUT2D eigenvalue weighted by molar-refractivity contribution is -0.131. The summed E-state index contributed by atoms with van der Waals surface area (Å²) < 4.78 is 0. The van der Waals surface area contributed by atoms with Gasteiger partial charge in [-0.3, -0.25) is 0 Å². The quantitative estimate of drug-likeness (QED) is 0.497. The molecule has 3 heteroatoms. The van der Waals surface area contributed by atoms with Gasteiger partial charge in [0.05, 0.1) is 0 Å². The Hall–Kier alpha value is -1.27. The van der Waals surface area contributed by atoms with E-state index in [2.05, 4.69) is 11.2 Å². The van der Waals surface area contributed by atoms with Crippen LogP contribution in [-0.4, -0.2) is 23.7 Å². The molecule has 1 unspecified atom stereocenters. The number of rotatable bonds is 6. The maximum atomic E-state index is 10.3. The van der Waals surface area contributed by atoms with Crippen molar-refractivity contribution < 1.29 is 9.90 Å². The van der Waals surface area contributed by atoms with Gasteiger partial charge in [-0.1, -0.05) is 12.5 Å². The molecule has 0 bridgehead atoms. The van der Waals surface area contributed by atoms with Crippen molar-refractivity contribution in [1.29, 1.82) is 0 Å². The molecule has 0 saturated carbocycles. The van der Waals surface area contributed by atoms with Gasteiger partial charge in [-0.05, 0) is 13.3 Å². The van der Waals surface area contributed by atoms with Crippen molar-refractivity contribution in [1.82, 2.24) is 5.32 Å². The lowest BCUT2D eigenvalue weighted by Crippen LogP contribution is -2.29. The minimum Gasteiger partial charge on any atom is -0.478 e. The van der Waals surface area contributed by atoms with E-state index in [1.54, 1.807) is 6.92 Å². The van der Waals surface area contributed by atoms with Crippen LogP contribution in [0.3, 0.4) is 0 Å². The summed E-state index contributed by atoms with van der Waals surface area (Å²) in [5.74, 6) is 1.68. The molecule has 14 heavy (non-hydrogen) atoms. The van der Waals surface area contributed by atoms with E-state index in [1.807, 2.05) is 6.92 Å². The predicted octanol–water partition coefficient (Wildman–Crippen LogP) is 1.41. The number of hydrogen-bond acceptors (Lipinski definition) is 2. The lowest BCUT2D eigenvalue weighted by atomic mass is 10.1. The van der Waals surface area contributed by atoms with Gasteiger partial charge in [0, 0.05) is 25.1 Å². The first kappa shape index (κ1) is 12.7. The molecule has 0 aromatic carbocycles. The van der Waals surface area contributed by atoms with Gasteiger partial charge < -0.3 is 10.4 Å². The molecule has 0 aromatic rings. The van der Waals surface area contributed by atoms with Crippen LogP contribution in [-0.2, 0) is 4.79 Å². The molecular weight excluding hydrogens is 178 g/mol. The molecule has 0 aromatic heterocycles. The Balaban J connectivity index is 3.91. The van der Waals surface area contributed by atoms with E-state index in [-0.39, 0.29) is 6.04 Å². The highest BCUT2D eigenvalue weighted by Gasteiger charge is 2.03. The van der Waals surface area contributed by atoms with Crippen LogP contribution < -0.4 is 5.32 Å². The number of carboxylic acids is 1. The zero-order valence-corrected chi connectivity index (χ0v) is 8.71. The smallest absolute Gasteiger partial charge is 0.328 e. The number of hydrogen-bond donors (Lipinski definition) is 2. The monoisotopic (exact) mass is 195 g/mol. The standard InChI is InChI=1S/C11H17NO2/c1-4-6-10(5-2)12-8-9(3)7-11(13)14/h1,7,10,12H,5-6,8H2,2-3H3,(H,13,14). The summed E-state index contributed by atoms with van der Waals surface area (Å²) in [5.41, 5.74) is 0.799. The number of carboxylic acid groups (broad SMARTS) is 1. The van der Waals surface area contributed by atoms with Crippen LogP contribution in [0.25, 0.3) is 0 Å². The SMILES string of the molecule is C#CCC(CC)NCC(C)=CC(=O)O. The van der Waals surface area contributed by atoms with Gasteiger partial charge in [0.1, 0.15) is 0 Å². The van der Waals surface area contributed by atoms with E-state index in [0.717, 1.165) is 12.0 Å². The maximum absolute atomic E-state index is 10.3. The van der Waals surface area contributed by atoms with Crippen LogP contribution in [0.5, 0.6) is 0 Å². The third-order valence-electron chi connectivity index (χ3n) is 1.90. The number of terminal acetylenes is 1. The summed E-state index contributed by atoms with van der Waals surface area (Å²) in [5, 5.41) is 11.7. The fourth-order valence-corrected chi connectivity index (χ4v) is 1.07. The Morgan fingerprint density at radius 2 is 2.36 bits per heavy atom. The van der Waals surface area contributed by atoms with Crippen LogP contribution in [0, 0.1) is 12.3 Å². The molecule has 0 aliphatic rings. The van der Waals surface area contributed by atoms with Crippen molar-refractivity contribution in [2.24, 2.45) is 0 Å². The third kappa shape index (κ3) is 6.27. The topological polar surface area (TPSA) is 49.3 Å². The first-order chi connectivity index (χ1) is 6.60. The molecule has 0 amide bonds. The van der Waals surface area contributed by atoms with Crippen molar-refractivity contribution in [3.63, 3.8) is 0 Å². The summed E-state index contributed by atoms with van der Waals surface area (Å²) in [6.45, 7) is 4.40. The Labute approximate surface area is 85.2 Å². The summed E-state index contributed by atoms with van der Waals surface area (Å²) in [4.78, 5) is 10.3. The highest BCUT2D eigenvalue weighted by Crippen LogP contribution is 1.98. The van der Waals surface area contributed by atoms with Crippen LogP contribution in [0.2, 0.25) is 0 Å². The molecule has 0 spiro atoms. The average molecular weight is 195 g/mol. The second kappa shape index (κ2) is 7.16. The Morgan fingerprint density at radius 1 is 1.71 bits per heavy atom. The van der Waals surface area contributed by atoms with Crippen molar-refractivity contribution in [2.75, 3.05) is 6.54 Å². The van der Waals surface area contributed by atoms with E-state index in [0.29, 0.717) is 13.0 Å². The Kier molecular flexibility index (Phi) is 6.51. The number of carbonyl (C=O) groups is 1. The first-order valence-corrected chi connectivity index (χ1v) is 4.67. The van der Waals surface area contributed by atoms with Gasteiger partial charge in [-0.2, -0.15) is 0 Å². The zero-order chi connectivity index (χ0) is 11.0. The first-order valence-electron chi connectivity index (χ1n) is 4.67. The molecule has 0 radical (unpaired) electrons. The lowest BCUT2D eigenvalue weighted by Gasteiger charge is -2.13. The van der Waals surface area contributed by atoms with E-state index in [1.165, 1.54) is 6.08 Å². The molecule has 78 valence electrons. The van der Waals surface area contributed by atoms with Crippen molar-refractivity contribution in [2.45, 2.75) is 32.7 Å². The highest BCUT2D eigenvalue weighted by atomic mass is 16.4. The molecule has 0 rings (SSSR count). The van der Waals surface area contributed by atoms with Crippen LogP contribution in [0.15, 0.2) is 11.6 Å². The van der Waals surface area contributed by atoms with Crippen LogP contribution in [0.4, 0.5) is 0 Å².